The third-order valence-electron chi connectivity index (χ3n) is 2.40. The molecule has 0 fully saturated rings. The van der Waals surface area contributed by atoms with Crippen molar-refractivity contribution in [2.75, 3.05) is 0 Å². The third kappa shape index (κ3) is 3.07. The van der Waals surface area contributed by atoms with Crippen LogP contribution in [-0.4, -0.2) is 11.1 Å². The van der Waals surface area contributed by atoms with E-state index < -0.39 is 11.4 Å². The zero-order chi connectivity index (χ0) is 9.78. The molecule has 0 aromatic heterocycles. The molecule has 0 aliphatic carbocycles. The number of aliphatic carboxylic acids is 1. The highest BCUT2D eigenvalue weighted by Gasteiger charge is 2.30. The Morgan fingerprint density at radius 3 is 2.33 bits per heavy atom. The minimum Gasteiger partial charge on any atom is -0.481 e. The van der Waals surface area contributed by atoms with Crippen molar-refractivity contribution < 1.29 is 9.90 Å². The minimum absolute atomic E-state index is 0.570. The summed E-state index contributed by atoms with van der Waals surface area (Å²) < 4.78 is 0. The lowest BCUT2D eigenvalue weighted by atomic mass is 9.82. The first-order valence-electron chi connectivity index (χ1n) is 4.30. The average Bonchev–Trinajstić information content (AvgIpc) is 1.99. The van der Waals surface area contributed by atoms with Gasteiger partial charge in [-0.05, 0) is 33.1 Å². The molecule has 0 radical (unpaired) electrons. The van der Waals surface area contributed by atoms with Crippen LogP contribution < -0.4 is 0 Å². The SMILES string of the molecule is C=C(C)CCC(C)(CC)C(=O)O. The van der Waals surface area contributed by atoms with Crippen LogP contribution in [0.1, 0.15) is 40.0 Å². The van der Waals surface area contributed by atoms with Crippen LogP contribution in [0, 0.1) is 5.41 Å². The second-order valence-electron chi connectivity index (χ2n) is 3.68. The highest BCUT2D eigenvalue weighted by Crippen LogP contribution is 2.28. The fourth-order valence-corrected chi connectivity index (χ4v) is 0.924. The van der Waals surface area contributed by atoms with Gasteiger partial charge in [0.15, 0.2) is 0 Å². The van der Waals surface area contributed by atoms with E-state index in [0.29, 0.717) is 12.8 Å². The van der Waals surface area contributed by atoms with E-state index >= 15 is 0 Å². The van der Waals surface area contributed by atoms with Crippen LogP contribution in [0.15, 0.2) is 12.2 Å². The van der Waals surface area contributed by atoms with Crippen LogP contribution in [0.2, 0.25) is 0 Å². The highest BCUT2D eigenvalue weighted by atomic mass is 16.4. The minimum atomic E-state index is -0.703. The van der Waals surface area contributed by atoms with Crippen LogP contribution in [0.25, 0.3) is 0 Å². The molecule has 0 aromatic rings. The Morgan fingerprint density at radius 2 is 2.08 bits per heavy atom. The van der Waals surface area contributed by atoms with Crippen LogP contribution in [0.3, 0.4) is 0 Å². The summed E-state index contributed by atoms with van der Waals surface area (Å²) in [6.45, 7) is 9.39. The second-order valence-corrected chi connectivity index (χ2v) is 3.68. The Morgan fingerprint density at radius 1 is 1.58 bits per heavy atom. The summed E-state index contributed by atoms with van der Waals surface area (Å²) >= 11 is 0. The number of hydrogen-bond acceptors (Lipinski definition) is 1. The van der Waals surface area contributed by atoms with Gasteiger partial charge in [0.1, 0.15) is 0 Å². The molecule has 0 aliphatic rings. The number of allylic oxidation sites excluding steroid dienone is 1. The average molecular weight is 170 g/mol. The van der Waals surface area contributed by atoms with Gasteiger partial charge in [0, 0.05) is 0 Å². The second kappa shape index (κ2) is 4.29. The lowest BCUT2D eigenvalue weighted by molar-refractivity contribution is -0.148. The molecule has 0 saturated carbocycles. The molecule has 70 valence electrons. The first kappa shape index (κ1) is 11.2. The van der Waals surface area contributed by atoms with Gasteiger partial charge in [0.25, 0.3) is 0 Å². The number of hydrogen-bond donors (Lipinski definition) is 1. The van der Waals surface area contributed by atoms with Gasteiger partial charge in [-0.25, -0.2) is 0 Å². The Bertz CT molecular complexity index is 184. The van der Waals surface area contributed by atoms with Crippen molar-refractivity contribution >= 4 is 5.97 Å². The molecule has 0 heterocycles. The van der Waals surface area contributed by atoms with Gasteiger partial charge in [0.05, 0.1) is 5.41 Å². The van der Waals surface area contributed by atoms with Gasteiger partial charge in [0.2, 0.25) is 0 Å². The molecule has 1 atom stereocenters. The topological polar surface area (TPSA) is 37.3 Å². The molecule has 2 heteroatoms. The number of carbonyl (C=O) groups is 1. The van der Waals surface area contributed by atoms with E-state index in [0.717, 1.165) is 12.0 Å². The maximum atomic E-state index is 10.8. The summed E-state index contributed by atoms with van der Waals surface area (Å²) in [5.41, 5.74) is 0.481. The van der Waals surface area contributed by atoms with E-state index in [2.05, 4.69) is 6.58 Å². The fraction of sp³-hybridized carbons (Fsp3) is 0.700. The van der Waals surface area contributed by atoms with E-state index in [4.69, 9.17) is 5.11 Å². The Hall–Kier alpha value is -0.790. The fourth-order valence-electron chi connectivity index (χ4n) is 0.924. The molecular formula is C10H18O2. The lowest BCUT2D eigenvalue weighted by Crippen LogP contribution is -2.26. The van der Waals surface area contributed by atoms with Gasteiger partial charge in [-0.2, -0.15) is 0 Å². The van der Waals surface area contributed by atoms with Crippen molar-refractivity contribution in [1.82, 2.24) is 0 Å². The lowest BCUT2D eigenvalue weighted by Gasteiger charge is -2.22. The molecule has 0 aromatic carbocycles. The van der Waals surface area contributed by atoms with Crippen molar-refractivity contribution in [3.63, 3.8) is 0 Å². The standard InChI is InChI=1S/C10H18O2/c1-5-10(4,9(11)12)7-6-8(2)3/h2,5-7H2,1,3-4H3,(H,11,12). The predicted molar refractivity (Wildman–Crippen MR) is 50.1 cm³/mol. The zero-order valence-electron chi connectivity index (χ0n) is 8.18. The van der Waals surface area contributed by atoms with E-state index in [1.807, 2.05) is 13.8 Å². The van der Waals surface area contributed by atoms with Crippen molar-refractivity contribution in [2.45, 2.75) is 40.0 Å². The van der Waals surface area contributed by atoms with E-state index in [1.165, 1.54) is 0 Å². The largest absolute Gasteiger partial charge is 0.481 e. The number of rotatable bonds is 5. The van der Waals surface area contributed by atoms with Gasteiger partial charge in [-0.15, -0.1) is 6.58 Å². The molecule has 1 unspecified atom stereocenters. The molecule has 2 nitrogen and oxygen atoms in total. The molecule has 0 spiro atoms. The van der Waals surface area contributed by atoms with Crippen LogP contribution in [-0.2, 0) is 4.79 Å². The summed E-state index contributed by atoms with van der Waals surface area (Å²) in [4.78, 5) is 10.8. The van der Waals surface area contributed by atoms with E-state index in [9.17, 15) is 4.79 Å². The third-order valence-corrected chi connectivity index (χ3v) is 2.40. The van der Waals surface area contributed by atoms with Gasteiger partial charge < -0.3 is 5.11 Å². The summed E-state index contributed by atoms with van der Waals surface area (Å²) in [6.07, 6.45) is 2.17. The molecule has 12 heavy (non-hydrogen) atoms. The highest BCUT2D eigenvalue weighted by molar-refractivity contribution is 5.73. The molecular weight excluding hydrogens is 152 g/mol. The van der Waals surface area contributed by atoms with Gasteiger partial charge >= 0.3 is 5.97 Å². The van der Waals surface area contributed by atoms with Gasteiger partial charge in [-0.1, -0.05) is 12.5 Å². The molecule has 1 N–H and O–H groups in total. The Balaban J connectivity index is 4.15. The predicted octanol–water partition coefficient (Wildman–Crippen LogP) is 2.84. The molecule has 0 rings (SSSR count). The molecule has 0 saturated heterocycles. The van der Waals surface area contributed by atoms with Crippen molar-refractivity contribution in [3.05, 3.63) is 12.2 Å². The van der Waals surface area contributed by atoms with Crippen LogP contribution in [0.5, 0.6) is 0 Å². The van der Waals surface area contributed by atoms with Crippen LogP contribution in [0.4, 0.5) is 0 Å². The molecule has 0 bridgehead atoms. The van der Waals surface area contributed by atoms with Gasteiger partial charge in [-0.3, -0.25) is 4.79 Å². The molecule has 0 aliphatic heterocycles. The van der Waals surface area contributed by atoms with Crippen molar-refractivity contribution in [1.29, 1.82) is 0 Å². The maximum Gasteiger partial charge on any atom is 0.309 e. The smallest absolute Gasteiger partial charge is 0.309 e. The maximum absolute atomic E-state index is 10.8. The van der Waals surface area contributed by atoms with Crippen molar-refractivity contribution in [2.24, 2.45) is 5.41 Å². The Kier molecular flexibility index (Phi) is 4.01. The van der Waals surface area contributed by atoms with Crippen molar-refractivity contribution in [3.8, 4) is 0 Å². The first-order valence-corrected chi connectivity index (χ1v) is 4.30. The summed E-state index contributed by atoms with van der Waals surface area (Å²) in [6, 6.07) is 0. The Labute approximate surface area is 74.3 Å². The number of carboxylic acid groups (broad SMARTS) is 1. The van der Waals surface area contributed by atoms with E-state index in [1.54, 1.807) is 6.92 Å². The zero-order valence-corrected chi connectivity index (χ0v) is 8.18. The quantitative estimate of drug-likeness (QED) is 0.644. The van der Waals surface area contributed by atoms with E-state index in [-0.39, 0.29) is 0 Å². The summed E-state index contributed by atoms with van der Waals surface area (Å²) in [5.74, 6) is -0.703. The molecule has 0 amide bonds. The number of carboxylic acids is 1. The monoisotopic (exact) mass is 170 g/mol. The summed E-state index contributed by atoms with van der Waals surface area (Å²) in [7, 11) is 0. The van der Waals surface area contributed by atoms with Crippen LogP contribution >= 0.6 is 0 Å². The normalized spacial score (nSPS) is 15.2. The first-order chi connectivity index (χ1) is 5.42. The summed E-state index contributed by atoms with van der Waals surface area (Å²) in [5, 5.41) is 8.92.